The zero-order chi connectivity index (χ0) is 12.3. The predicted octanol–water partition coefficient (Wildman–Crippen LogP) is 2.52. The van der Waals surface area contributed by atoms with E-state index < -0.39 is 0 Å². The monoisotopic (exact) mass is 256 g/mol. The number of amidine groups is 1. The van der Waals surface area contributed by atoms with Crippen LogP contribution in [0.3, 0.4) is 0 Å². The Bertz CT molecular complexity index is 281. The number of nitrogens with one attached hydrogen (secondary N) is 1. The predicted molar refractivity (Wildman–Crippen MR) is 74.7 cm³/mol. The second-order valence-corrected chi connectivity index (χ2v) is 6.52. The molecule has 1 saturated heterocycles. The third-order valence-corrected chi connectivity index (χ3v) is 5.18. The Balaban J connectivity index is 1.72. The Morgan fingerprint density at radius 2 is 2.35 bits per heavy atom. The summed E-state index contributed by atoms with van der Waals surface area (Å²) in [4.78, 5) is 4.58. The van der Waals surface area contributed by atoms with Gasteiger partial charge in [0.2, 0.25) is 0 Å². The van der Waals surface area contributed by atoms with Crippen LogP contribution >= 0.6 is 11.8 Å². The fourth-order valence-electron chi connectivity index (χ4n) is 2.43. The van der Waals surface area contributed by atoms with Crippen LogP contribution < -0.4 is 5.32 Å². The van der Waals surface area contributed by atoms with E-state index in [1.165, 1.54) is 6.42 Å². The zero-order valence-electron chi connectivity index (χ0n) is 11.1. The smallest absolute Gasteiger partial charge is 0.156 e. The maximum Gasteiger partial charge on any atom is 0.156 e. The molecule has 2 heterocycles. The molecule has 0 bridgehead atoms. The summed E-state index contributed by atoms with van der Waals surface area (Å²) in [6, 6.07) is 0. The lowest BCUT2D eigenvalue weighted by atomic mass is 10.00. The van der Waals surface area contributed by atoms with Gasteiger partial charge in [0.05, 0.1) is 12.6 Å². The van der Waals surface area contributed by atoms with Crippen molar-refractivity contribution in [2.24, 2.45) is 16.8 Å². The Labute approximate surface area is 109 Å². The van der Waals surface area contributed by atoms with E-state index in [1.807, 2.05) is 11.8 Å². The number of hydrogen-bond donors (Lipinski definition) is 1. The van der Waals surface area contributed by atoms with Crippen molar-refractivity contribution in [2.75, 3.05) is 19.7 Å². The van der Waals surface area contributed by atoms with E-state index in [-0.39, 0.29) is 0 Å². The van der Waals surface area contributed by atoms with Gasteiger partial charge in [-0.25, -0.2) is 0 Å². The van der Waals surface area contributed by atoms with E-state index >= 15 is 0 Å². The molecule has 4 heteroatoms. The summed E-state index contributed by atoms with van der Waals surface area (Å²) >= 11 is 1.91. The highest BCUT2D eigenvalue weighted by Gasteiger charge is 2.28. The molecule has 0 aliphatic carbocycles. The van der Waals surface area contributed by atoms with Crippen molar-refractivity contribution in [3.8, 4) is 0 Å². The van der Waals surface area contributed by atoms with Crippen LogP contribution in [0, 0.1) is 11.8 Å². The molecule has 0 amide bonds. The Morgan fingerprint density at radius 1 is 1.53 bits per heavy atom. The molecular formula is C13H24N2OS. The van der Waals surface area contributed by atoms with Gasteiger partial charge in [-0.2, -0.15) is 0 Å². The number of rotatable bonds is 4. The van der Waals surface area contributed by atoms with Gasteiger partial charge in [-0.05, 0) is 18.8 Å². The molecule has 3 unspecified atom stereocenters. The molecule has 2 aliphatic heterocycles. The van der Waals surface area contributed by atoms with Gasteiger partial charge >= 0.3 is 0 Å². The van der Waals surface area contributed by atoms with Crippen LogP contribution in [-0.2, 0) is 4.74 Å². The molecule has 17 heavy (non-hydrogen) atoms. The lowest BCUT2D eigenvalue weighted by Gasteiger charge is -2.18. The van der Waals surface area contributed by atoms with Gasteiger partial charge in [0.15, 0.2) is 5.17 Å². The molecule has 3 nitrogen and oxygen atoms in total. The lowest BCUT2D eigenvalue weighted by molar-refractivity contribution is 0.0883. The maximum absolute atomic E-state index is 5.70. The van der Waals surface area contributed by atoms with Crippen LogP contribution in [0.4, 0.5) is 0 Å². The minimum Gasteiger partial charge on any atom is -0.378 e. The highest BCUT2D eigenvalue weighted by atomic mass is 32.2. The van der Waals surface area contributed by atoms with E-state index in [0.29, 0.717) is 23.2 Å². The number of nitrogens with zero attached hydrogens (tertiary/aromatic N) is 1. The quantitative estimate of drug-likeness (QED) is 0.839. The van der Waals surface area contributed by atoms with Gasteiger partial charge in [0.1, 0.15) is 0 Å². The summed E-state index contributed by atoms with van der Waals surface area (Å²) in [5, 5.41) is 5.32. The van der Waals surface area contributed by atoms with Gasteiger partial charge in [-0.3, -0.25) is 4.99 Å². The molecule has 2 rings (SSSR count). The average molecular weight is 256 g/mol. The molecule has 0 aromatic carbocycles. The summed E-state index contributed by atoms with van der Waals surface area (Å²) in [6.45, 7) is 9.68. The lowest BCUT2D eigenvalue weighted by Crippen LogP contribution is -2.31. The van der Waals surface area contributed by atoms with Crippen LogP contribution in [0.1, 0.15) is 33.6 Å². The van der Waals surface area contributed by atoms with Crippen LogP contribution in [0.2, 0.25) is 0 Å². The van der Waals surface area contributed by atoms with Crippen molar-refractivity contribution >= 4 is 16.9 Å². The van der Waals surface area contributed by atoms with Crippen molar-refractivity contribution < 1.29 is 4.74 Å². The third kappa shape index (κ3) is 3.38. The molecule has 0 aromatic heterocycles. The average Bonchev–Trinajstić information content (AvgIpc) is 2.95. The second kappa shape index (κ2) is 6.10. The first-order valence-corrected chi connectivity index (χ1v) is 7.65. The van der Waals surface area contributed by atoms with E-state index in [9.17, 15) is 0 Å². The van der Waals surface area contributed by atoms with Gasteiger partial charge < -0.3 is 10.1 Å². The summed E-state index contributed by atoms with van der Waals surface area (Å²) in [7, 11) is 0. The molecular weight excluding hydrogens is 232 g/mol. The second-order valence-electron chi connectivity index (χ2n) is 5.29. The normalized spacial score (nSPS) is 33.2. The molecule has 0 saturated carbocycles. The van der Waals surface area contributed by atoms with Crippen molar-refractivity contribution in [3.05, 3.63) is 0 Å². The molecule has 2 aliphatic rings. The number of thioether (sulfide) groups is 1. The highest BCUT2D eigenvalue weighted by Crippen LogP contribution is 2.27. The Morgan fingerprint density at radius 3 is 3.00 bits per heavy atom. The molecule has 0 aromatic rings. The summed E-state index contributed by atoms with van der Waals surface area (Å²) in [5.41, 5.74) is 0. The van der Waals surface area contributed by atoms with Gasteiger partial charge in [0.25, 0.3) is 0 Å². The fraction of sp³-hybridized carbons (Fsp3) is 0.923. The minimum absolute atomic E-state index is 0.454. The fourth-order valence-corrected chi connectivity index (χ4v) is 3.45. The first kappa shape index (κ1) is 13.2. The molecule has 3 atom stereocenters. The molecule has 1 N–H and O–H groups in total. The molecule has 0 spiro atoms. The van der Waals surface area contributed by atoms with Crippen LogP contribution in [0.15, 0.2) is 4.99 Å². The van der Waals surface area contributed by atoms with Crippen molar-refractivity contribution in [1.29, 1.82) is 0 Å². The number of ether oxygens (including phenoxy) is 1. The maximum atomic E-state index is 5.70. The van der Waals surface area contributed by atoms with Crippen LogP contribution in [0.25, 0.3) is 0 Å². The molecule has 0 radical (unpaired) electrons. The summed E-state index contributed by atoms with van der Waals surface area (Å²) in [5.74, 6) is 1.38. The topological polar surface area (TPSA) is 33.6 Å². The third-order valence-electron chi connectivity index (χ3n) is 3.69. The van der Waals surface area contributed by atoms with E-state index in [1.54, 1.807) is 0 Å². The van der Waals surface area contributed by atoms with Crippen molar-refractivity contribution in [2.45, 2.75) is 45.0 Å². The largest absolute Gasteiger partial charge is 0.378 e. The SMILES string of the molecule is CCC1OCCC1CNC1=NCC(C(C)C)S1. The van der Waals surface area contributed by atoms with E-state index in [2.05, 4.69) is 31.1 Å². The van der Waals surface area contributed by atoms with Crippen molar-refractivity contribution in [1.82, 2.24) is 5.32 Å². The minimum atomic E-state index is 0.454. The Kier molecular flexibility index (Phi) is 4.74. The van der Waals surface area contributed by atoms with Crippen molar-refractivity contribution in [3.63, 3.8) is 0 Å². The molecule has 98 valence electrons. The van der Waals surface area contributed by atoms with Gasteiger partial charge in [-0.15, -0.1) is 0 Å². The van der Waals surface area contributed by atoms with Gasteiger partial charge in [-0.1, -0.05) is 32.5 Å². The Hall–Kier alpha value is -0.220. The standard InChI is InChI=1S/C13H24N2OS/c1-4-11-10(5-6-16-11)7-14-13-15-8-12(17-13)9(2)3/h9-12H,4-8H2,1-3H3,(H,14,15). The van der Waals surface area contributed by atoms with Crippen LogP contribution in [-0.4, -0.2) is 36.2 Å². The first-order chi connectivity index (χ1) is 8.20. The summed E-state index contributed by atoms with van der Waals surface area (Å²) in [6.07, 6.45) is 2.77. The van der Waals surface area contributed by atoms with E-state index in [0.717, 1.165) is 31.3 Å². The zero-order valence-corrected chi connectivity index (χ0v) is 11.9. The van der Waals surface area contributed by atoms with Gasteiger partial charge in [0, 0.05) is 24.3 Å². The molecule has 1 fully saturated rings. The summed E-state index contributed by atoms with van der Waals surface area (Å²) < 4.78 is 5.70. The number of aliphatic imine (C=N–C) groups is 1. The van der Waals surface area contributed by atoms with E-state index in [4.69, 9.17) is 4.74 Å². The first-order valence-electron chi connectivity index (χ1n) is 6.77. The highest BCUT2D eigenvalue weighted by molar-refractivity contribution is 8.14. The number of hydrogen-bond acceptors (Lipinski definition) is 4. The van der Waals surface area contributed by atoms with Crippen LogP contribution in [0.5, 0.6) is 0 Å².